The maximum atomic E-state index is 5.28. The van der Waals surface area contributed by atoms with Crippen LogP contribution in [0.4, 0.5) is 0 Å². The molecule has 4 heteroatoms. The molecule has 13 heavy (non-hydrogen) atoms. The second-order valence-corrected chi connectivity index (χ2v) is 2.24. The van der Waals surface area contributed by atoms with E-state index in [9.17, 15) is 0 Å². The molecule has 0 aliphatic rings. The highest BCUT2D eigenvalue weighted by molar-refractivity contribution is 4.61. The van der Waals surface area contributed by atoms with Gasteiger partial charge < -0.3 is 18.9 Å². The van der Waals surface area contributed by atoms with Crippen molar-refractivity contribution in [1.29, 1.82) is 0 Å². The molecule has 0 spiro atoms. The van der Waals surface area contributed by atoms with Gasteiger partial charge in [-0.2, -0.15) is 0 Å². The first kappa shape index (κ1) is 12.4. The minimum atomic E-state index is -1.15. The van der Waals surface area contributed by atoms with Crippen LogP contribution in [0.2, 0.25) is 0 Å². The first-order valence-electron chi connectivity index (χ1n) is 4.30. The summed E-state index contributed by atoms with van der Waals surface area (Å²) >= 11 is 0. The van der Waals surface area contributed by atoms with Crippen molar-refractivity contribution in [2.45, 2.75) is 19.8 Å². The van der Waals surface area contributed by atoms with Gasteiger partial charge in [0.25, 0.3) is 0 Å². The van der Waals surface area contributed by atoms with Crippen LogP contribution in [0.5, 0.6) is 0 Å². The average molecular weight is 190 g/mol. The van der Waals surface area contributed by atoms with Crippen molar-refractivity contribution >= 4 is 0 Å². The van der Waals surface area contributed by atoms with Gasteiger partial charge in [-0.05, 0) is 13.8 Å². The van der Waals surface area contributed by atoms with Gasteiger partial charge in [-0.25, -0.2) is 0 Å². The molecular weight excluding hydrogens is 172 g/mol. The summed E-state index contributed by atoms with van der Waals surface area (Å²) in [7, 11) is 1.50. The number of ether oxygens (including phenoxy) is 4. The molecule has 0 aromatic rings. The molecule has 0 aromatic carbocycles. The van der Waals surface area contributed by atoms with E-state index < -0.39 is 5.97 Å². The fraction of sp³-hybridized carbons (Fsp3) is 0.778. The predicted octanol–water partition coefficient (Wildman–Crippen LogP) is 1.52. The normalized spacial score (nSPS) is 15.0. The van der Waals surface area contributed by atoms with Crippen LogP contribution in [0.3, 0.4) is 0 Å². The van der Waals surface area contributed by atoms with E-state index in [-0.39, 0.29) is 6.61 Å². The van der Waals surface area contributed by atoms with Crippen molar-refractivity contribution in [3.8, 4) is 0 Å². The fourth-order valence-corrected chi connectivity index (χ4v) is 0.850. The predicted molar refractivity (Wildman–Crippen MR) is 49.1 cm³/mol. The Bertz CT molecular complexity index is 138. The van der Waals surface area contributed by atoms with Gasteiger partial charge in [0.2, 0.25) is 0 Å². The zero-order valence-electron chi connectivity index (χ0n) is 8.54. The zero-order valence-corrected chi connectivity index (χ0v) is 8.54. The number of hydrogen-bond acceptors (Lipinski definition) is 4. The summed E-state index contributed by atoms with van der Waals surface area (Å²) in [6, 6.07) is 0. The van der Waals surface area contributed by atoms with Gasteiger partial charge in [-0.3, -0.25) is 0 Å². The fourth-order valence-electron chi connectivity index (χ4n) is 0.850. The Kier molecular flexibility index (Phi) is 6.58. The third-order valence-electron chi connectivity index (χ3n) is 1.42. The van der Waals surface area contributed by atoms with Crippen LogP contribution in [-0.2, 0) is 18.9 Å². The Morgan fingerprint density at radius 3 is 2.38 bits per heavy atom. The molecule has 0 fully saturated rings. The number of methoxy groups -OCH3 is 1. The maximum Gasteiger partial charge on any atom is 0.351 e. The van der Waals surface area contributed by atoms with Crippen LogP contribution >= 0.6 is 0 Å². The molecule has 1 unspecified atom stereocenters. The van der Waals surface area contributed by atoms with Crippen molar-refractivity contribution < 1.29 is 18.9 Å². The molecule has 0 aliphatic carbocycles. The molecule has 0 radical (unpaired) electrons. The van der Waals surface area contributed by atoms with Crippen molar-refractivity contribution in [2.24, 2.45) is 0 Å². The quantitative estimate of drug-likeness (QED) is 0.429. The second kappa shape index (κ2) is 6.88. The van der Waals surface area contributed by atoms with Gasteiger partial charge >= 0.3 is 5.97 Å². The van der Waals surface area contributed by atoms with Crippen LogP contribution in [0.25, 0.3) is 0 Å². The van der Waals surface area contributed by atoms with E-state index >= 15 is 0 Å². The van der Waals surface area contributed by atoms with E-state index in [1.165, 1.54) is 13.4 Å². The first-order chi connectivity index (χ1) is 6.24. The summed E-state index contributed by atoms with van der Waals surface area (Å²) < 4.78 is 20.6. The van der Waals surface area contributed by atoms with Crippen LogP contribution in [0, 0.1) is 0 Å². The van der Waals surface area contributed by atoms with Crippen molar-refractivity contribution in [1.82, 2.24) is 0 Å². The summed E-state index contributed by atoms with van der Waals surface area (Å²) in [5.74, 6) is -1.15. The van der Waals surface area contributed by atoms with Crippen LogP contribution in [0.1, 0.15) is 13.8 Å². The first-order valence-corrected chi connectivity index (χ1v) is 4.30. The Morgan fingerprint density at radius 1 is 1.31 bits per heavy atom. The lowest BCUT2D eigenvalue weighted by Crippen LogP contribution is -2.41. The summed E-state index contributed by atoms with van der Waals surface area (Å²) in [5.41, 5.74) is 0. The average Bonchev–Trinajstić information content (AvgIpc) is 2.15. The van der Waals surface area contributed by atoms with Gasteiger partial charge in [0.1, 0.15) is 6.61 Å². The SMILES string of the molecule is C=COC(COCC)(OC)OCC. The molecule has 78 valence electrons. The Labute approximate surface area is 79.4 Å². The molecule has 0 N–H and O–H groups in total. The third kappa shape index (κ3) is 4.26. The molecule has 0 aliphatic heterocycles. The molecular formula is C9H18O4. The minimum absolute atomic E-state index is 0.222. The van der Waals surface area contributed by atoms with Gasteiger partial charge in [0, 0.05) is 13.7 Å². The van der Waals surface area contributed by atoms with Crippen molar-refractivity contribution in [3.63, 3.8) is 0 Å². The molecule has 0 rings (SSSR count). The highest BCUT2D eigenvalue weighted by Gasteiger charge is 2.32. The van der Waals surface area contributed by atoms with E-state index in [4.69, 9.17) is 18.9 Å². The summed E-state index contributed by atoms with van der Waals surface area (Å²) in [6.45, 7) is 8.47. The van der Waals surface area contributed by atoms with Crippen molar-refractivity contribution in [3.05, 3.63) is 12.8 Å². The summed E-state index contributed by atoms with van der Waals surface area (Å²) in [4.78, 5) is 0. The van der Waals surface area contributed by atoms with Gasteiger partial charge in [0.15, 0.2) is 0 Å². The maximum absolute atomic E-state index is 5.28. The molecule has 4 nitrogen and oxygen atoms in total. The summed E-state index contributed by atoms with van der Waals surface area (Å²) in [5, 5.41) is 0. The van der Waals surface area contributed by atoms with Crippen LogP contribution < -0.4 is 0 Å². The van der Waals surface area contributed by atoms with Crippen LogP contribution in [0.15, 0.2) is 12.8 Å². The smallest absolute Gasteiger partial charge is 0.351 e. The zero-order chi connectivity index (χ0) is 10.2. The number of rotatable bonds is 8. The highest BCUT2D eigenvalue weighted by Crippen LogP contribution is 2.15. The molecule has 0 saturated heterocycles. The van der Waals surface area contributed by atoms with E-state index in [1.807, 2.05) is 13.8 Å². The van der Waals surface area contributed by atoms with Gasteiger partial charge in [-0.15, -0.1) is 0 Å². The minimum Gasteiger partial charge on any atom is -0.446 e. The van der Waals surface area contributed by atoms with Gasteiger partial charge in [-0.1, -0.05) is 6.58 Å². The van der Waals surface area contributed by atoms with E-state index in [0.29, 0.717) is 13.2 Å². The third-order valence-corrected chi connectivity index (χ3v) is 1.42. The van der Waals surface area contributed by atoms with E-state index in [2.05, 4.69) is 6.58 Å². The second-order valence-electron chi connectivity index (χ2n) is 2.24. The lowest BCUT2D eigenvalue weighted by molar-refractivity contribution is -0.366. The molecule has 0 saturated carbocycles. The standard InChI is InChI=1S/C9H18O4/c1-5-11-8-9(10-4,12-6-2)13-7-3/h6H,2,5,7-8H2,1,3-4H3. The Hall–Kier alpha value is -0.580. The van der Waals surface area contributed by atoms with E-state index in [1.54, 1.807) is 0 Å². The molecule has 0 heterocycles. The number of hydrogen-bond donors (Lipinski definition) is 0. The highest BCUT2D eigenvalue weighted by atomic mass is 16.9. The Balaban J connectivity index is 4.15. The van der Waals surface area contributed by atoms with E-state index in [0.717, 1.165) is 0 Å². The molecule has 0 aromatic heterocycles. The van der Waals surface area contributed by atoms with Crippen LogP contribution in [-0.4, -0.2) is 32.9 Å². The molecule has 1 atom stereocenters. The molecule has 0 bridgehead atoms. The Morgan fingerprint density at radius 2 is 2.00 bits per heavy atom. The topological polar surface area (TPSA) is 36.9 Å². The lowest BCUT2D eigenvalue weighted by Gasteiger charge is -2.29. The molecule has 0 amide bonds. The lowest BCUT2D eigenvalue weighted by atomic mass is 10.5. The van der Waals surface area contributed by atoms with Gasteiger partial charge in [0.05, 0.1) is 12.9 Å². The van der Waals surface area contributed by atoms with Crippen molar-refractivity contribution in [2.75, 3.05) is 26.9 Å². The monoisotopic (exact) mass is 190 g/mol. The summed E-state index contributed by atoms with van der Waals surface area (Å²) in [6.07, 6.45) is 1.28. The largest absolute Gasteiger partial charge is 0.446 e.